The van der Waals surface area contributed by atoms with E-state index in [-0.39, 0.29) is 5.54 Å². The fourth-order valence-electron chi connectivity index (χ4n) is 1.78. The molecule has 1 aliphatic rings. The van der Waals surface area contributed by atoms with Gasteiger partial charge in [0.1, 0.15) is 0 Å². The summed E-state index contributed by atoms with van der Waals surface area (Å²) in [5.74, 6) is 1.11. The van der Waals surface area contributed by atoms with Crippen LogP contribution in [-0.2, 0) is 0 Å². The molecule has 0 aliphatic carbocycles. The van der Waals surface area contributed by atoms with E-state index < -0.39 is 0 Å². The Morgan fingerprint density at radius 2 is 2.06 bits per heavy atom. The van der Waals surface area contributed by atoms with E-state index in [1.807, 2.05) is 11.8 Å². The molecule has 1 unspecified atom stereocenters. The maximum atomic E-state index is 4.73. The third-order valence-electron chi connectivity index (χ3n) is 2.77. The molecule has 0 saturated carbocycles. The highest BCUT2D eigenvalue weighted by molar-refractivity contribution is 8.14. The van der Waals surface area contributed by atoms with Crippen LogP contribution in [0, 0.1) is 0 Å². The van der Waals surface area contributed by atoms with Gasteiger partial charge in [0, 0.05) is 17.8 Å². The van der Waals surface area contributed by atoms with Crippen LogP contribution >= 0.6 is 11.8 Å². The van der Waals surface area contributed by atoms with Crippen molar-refractivity contribution >= 4 is 16.9 Å². The first-order chi connectivity index (χ1) is 7.46. The number of thioether (sulfide) groups is 1. The fourth-order valence-corrected chi connectivity index (χ4v) is 2.95. The van der Waals surface area contributed by atoms with Crippen molar-refractivity contribution in [2.75, 3.05) is 25.4 Å². The van der Waals surface area contributed by atoms with E-state index in [4.69, 9.17) is 4.99 Å². The van der Waals surface area contributed by atoms with Gasteiger partial charge in [-0.1, -0.05) is 25.6 Å². The van der Waals surface area contributed by atoms with Crippen LogP contribution in [0.5, 0.6) is 0 Å². The Bertz CT molecular complexity index is 247. The summed E-state index contributed by atoms with van der Waals surface area (Å²) in [6.45, 7) is 14.3. The normalized spacial score (nSPS) is 23.8. The molecule has 0 bridgehead atoms. The first-order valence-electron chi connectivity index (χ1n) is 6.18. The lowest BCUT2D eigenvalue weighted by molar-refractivity contribution is 0.289. The zero-order valence-corrected chi connectivity index (χ0v) is 12.0. The largest absolute Gasteiger partial charge is 0.359 e. The third-order valence-corrected chi connectivity index (χ3v) is 4.12. The van der Waals surface area contributed by atoms with Crippen molar-refractivity contribution in [2.24, 2.45) is 4.99 Å². The number of amidine groups is 1. The maximum absolute atomic E-state index is 4.73. The molecular formula is C12H25N3S. The second-order valence-electron chi connectivity index (χ2n) is 5.07. The van der Waals surface area contributed by atoms with E-state index in [1.54, 1.807) is 0 Å². The van der Waals surface area contributed by atoms with Gasteiger partial charge in [0.2, 0.25) is 0 Å². The third kappa shape index (κ3) is 4.34. The number of hydrogen-bond acceptors (Lipinski definition) is 3. The first-order valence-corrected chi connectivity index (χ1v) is 7.16. The minimum absolute atomic E-state index is 0.207. The molecule has 1 atom stereocenters. The molecule has 1 aliphatic heterocycles. The van der Waals surface area contributed by atoms with Crippen molar-refractivity contribution in [1.29, 1.82) is 0 Å². The highest BCUT2D eigenvalue weighted by Gasteiger charge is 2.27. The topological polar surface area (TPSA) is 27.6 Å². The molecule has 0 aromatic heterocycles. The summed E-state index contributed by atoms with van der Waals surface area (Å²) in [6.07, 6.45) is 0. The van der Waals surface area contributed by atoms with Gasteiger partial charge in [0.05, 0.1) is 6.04 Å². The van der Waals surface area contributed by atoms with Crippen LogP contribution in [0.1, 0.15) is 34.6 Å². The van der Waals surface area contributed by atoms with Gasteiger partial charge in [-0.05, 0) is 33.9 Å². The molecule has 4 heteroatoms. The minimum Gasteiger partial charge on any atom is -0.359 e. The molecule has 1 heterocycles. The molecule has 0 spiro atoms. The van der Waals surface area contributed by atoms with Crippen LogP contribution in [0.3, 0.4) is 0 Å². The highest BCUT2D eigenvalue weighted by Crippen LogP contribution is 2.22. The Balaban J connectivity index is 2.44. The summed E-state index contributed by atoms with van der Waals surface area (Å²) in [4.78, 5) is 7.15. The second kappa shape index (κ2) is 5.92. The highest BCUT2D eigenvalue weighted by atomic mass is 32.2. The van der Waals surface area contributed by atoms with Crippen LogP contribution in [0.15, 0.2) is 4.99 Å². The van der Waals surface area contributed by atoms with Gasteiger partial charge in [-0.2, -0.15) is 0 Å². The van der Waals surface area contributed by atoms with Crippen molar-refractivity contribution in [3.63, 3.8) is 0 Å². The quantitative estimate of drug-likeness (QED) is 0.802. The van der Waals surface area contributed by atoms with Gasteiger partial charge >= 0.3 is 0 Å². The van der Waals surface area contributed by atoms with E-state index in [9.17, 15) is 0 Å². The van der Waals surface area contributed by atoms with Crippen molar-refractivity contribution in [3.05, 3.63) is 0 Å². The SMILES string of the molecule is CCN(CC)CC(C)N=C1NC(C)(C)CS1. The van der Waals surface area contributed by atoms with Gasteiger partial charge in [-0.25, -0.2) is 0 Å². The van der Waals surface area contributed by atoms with Crippen molar-refractivity contribution < 1.29 is 0 Å². The molecule has 0 radical (unpaired) electrons. The van der Waals surface area contributed by atoms with Gasteiger partial charge in [0.25, 0.3) is 0 Å². The monoisotopic (exact) mass is 243 g/mol. The summed E-state index contributed by atoms with van der Waals surface area (Å²) in [5.41, 5.74) is 0.207. The van der Waals surface area contributed by atoms with Crippen molar-refractivity contribution in [3.8, 4) is 0 Å². The number of nitrogens with zero attached hydrogens (tertiary/aromatic N) is 2. The molecule has 1 rings (SSSR count). The first kappa shape index (κ1) is 13.8. The standard InChI is InChI=1S/C12H25N3S/c1-6-15(7-2)8-10(3)13-11-14-12(4,5)9-16-11/h10H,6-9H2,1-5H3,(H,13,14). The zero-order chi connectivity index (χ0) is 12.2. The Kier molecular flexibility index (Phi) is 5.12. The maximum Gasteiger partial charge on any atom is 0.157 e. The Morgan fingerprint density at radius 3 is 2.50 bits per heavy atom. The predicted octanol–water partition coefficient (Wildman–Crippen LogP) is 2.19. The number of nitrogens with one attached hydrogen (secondary N) is 1. The smallest absolute Gasteiger partial charge is 0.157 e. The molecule has 0 aromatic carbocycles. The summed E-state index contributed by atoms with van der Waals surface area (Å²) in [5, 5.41) is 4.58. The number of likely N-dealkylation sites (N-methyl/N-ethyl adjacent to an activating group) is 1. The summed E-state index contributed by atoms with van der Waals surface area (Å²) >= 11 is 1.84. The minimum atomic E-state index is 0.207. The summed E-state index contributed by atoms with van der Waals surface area (Å²) in [7, 11) is 0. The molecule has 1 N–H and O–H groups in total. The summed E-state index contributed by atoms with van der Waals surface area (Å²) in [6, 6.07) is 0.379. The number of rotatable bonds is 5. The lowest BCUT2D eigenvalue weighted by Gasteiger charge is -2.21. The molecule has 3 nitrogen and oxygen atoms in total. The van der Waals surface area contributed by atoms with Crippen LogP contribution in [0.25, 0.3) is 0 Å². The number of hydrogen-bond donors (Lipinski definition) is 1. The van der Waals surface area contributed by atoms with Gasteiger partial charge in [0.15, 0.2) is 5.17 Å². The Morgan fingerprint density at radius 1 is 1.44 bits per heavy atom. The van der Waals surface area contributed by atoms with Crippen LogP contribution in [0.4, 0.5) is 0 Å². The van der Waals surface area contributed by atoms with E-state index in [0.717, 1.165) is 30.6 Å². The van der Waals surface area contributed by atoms with E-state index in [0.29, 0.717) is 6.04 Å². The van der Waals surface area contributed by atoms with Gasteiger partial charge < -0.3 is 10.2 Å². The van der Waals surface area contributed by atoms with E-state index in [1.165, 1.54) is 0 Å². The number of aliphatic imine (C=N–C) groups is 1. The van der Waals surface area contributed by atoms with Gasteiger partial charge in [-0.3, -0.25) is 4.99 Å². The van der Waals surface area contributed by atoms with Crippen molar-refractivity contribution in [2.45, 2.75) is 46.2 Å². The van der Waals surface area contributed by atoms with Crippen LogP contribution < -0.4 is 5.32 Å². The van der Waals surface area contributed by atoms with Crippen LogP contribution in [0.2, 0.25) is 0 Å². The molecular weight excluding hydrogens is 218 g/mol. The average molecular weight is 243 g/mol. The second-order valence-corrected chi connectivity index (χ2v) is 6.03. The Hall–Kier alpha value is -0.220. The molecule has 16 heavy (non-hydrogen) atoms. The van der Waals surface area contributed by atoms with Crippen molar-refractivity contribution in [1.82, 2.24) is 10.2 Å². The molecule has 0 amide bonds. The zero-order valence-electron chi connectivity index (χ0n) is 11.2. The predicted molar refractivity (Wildman–Crippen MR) is 74.4 cm³/mol. The summed E-state index contributed by atoms with van der Waals surface area (Å²) < 4.78 is 0. The van der Waals surface area contributed by atoms with Gasteiger partial charge in [-0.15, -0.1) is 0 Å². The molecule has 94 valence electrons. The van der Waals surface area contributed by atoms with E-state index >= 15 is 0 Å². The lowest BCUT2D eigenvalue weighted by Crippen LogP contribution is -2.38. The van der Waals surface area contributed by atoms with E-state index in [2.05, 4.69) is 44.8 Å². The van der Waals surface area contributed by atoms with Crippen LogP contribution in [-0.4, -0.2) is 47.0 Å². The Labute approximate surface area is 104 Å². The molecule has 1 saturated heterocycles. The molecule has 1 fully saturated rings. The lowest BCUT2D eigenvalue weighted by atomic mass is 10.1. The molecule has 0 aromatic rings. The average Bonchev–Trinajstić information content (AvgIpc) is 2.54. The fraction of sp³-hybridized carbons (Fsp3) is 0.917.